The van der Waals surface area contributed by atoms with E-state index in [-0.39, 0.29) is 12.3 Å². The lowest BCUT2D eigenvalue weighted by Gasteiger charge is -2.11. The fraction of sp³-hybridized carbons (Fsp3) is 0.235. The molecule has 2 heteroatoms. The van der Waals surface area contributed by atoms with E-state index in [0.717, 1.165) is 0 Å². The van der Waals surface area contributed by atoms with Crippen LogP contribution in [0.2, 0.25) is 0 Å². The third kappa shape index (κ3) is 3.68. The van der Waals surface area contributed by atoms with E-state index in [1.54, 1.807) is 0 Å². The van der Waals surface area contributed by atoms with Crippen molar-refractivity contribution in [2.24, 2.45) is 0 Å². The lowest BCUT2D eigenvalue weighted by Crippen LogP contribution is -2.00. The van der Waals surface area contributed by atoms with Crippen LogP contribution in [0.3, 0.4) is 0 Å². The second-order valence-corrected chi connectivity index (χ2v) is 4.82. The molecule has 2 aromatic rings. The van der Waals surface area contributed by atoms with Crippen molar-refractivity contribution in [3.63, 3.8) is 0 Å². The van der Waals surface area contributed by atoms with Crippen molar-refractivity contribution >= 4 is 5.97 Å². The number of aliphatic carboxylic acids is 1. The van der Waals surface area contributed by atoms with Crippen LogP contribution in [0.15, 0.2) is 54.6 Å². The van der Waals surface area contributed by atoms with Gasteiger partial charge in [-0.05, 0) is 29.0 Å². The molecule has 1 N–H and O–H groups in total. The van der Waals surface area contributed by atoms with Crippen molar-refractivity contribution < 1.29 is 9.90 Å². The monoisotopic (exact) mass is 254 g/mol. The summed E-state index contributed by atoms with van der Waals surface area (Å²) >= 11 is 0. The summed E-state index contributed by atoms with van der Waals surface area (Å²) in [5.74, 6) is -0.450. The Hall–Kier alpha value is -2.09. The van der Waals surface area contributed by atoms with E-state index in [2.05, 4.69) is 43.3 Å². The van der Waals surface area contributed by atoms with Gasteiger partial charge in [0.2, 0.25) is 0 Å². The highest BCUT2D eigenvalue weighted by Gasteiger charge is 2.08. The molecule has 0 radical (unpaired) electrons. The van der Waals surface area contributed by atoms with Crippen LogP contribution >= 0.6 is 0 Å². The smallest absolute Gasteiger partial charge is 0.303 e. The molecule has 2 aromatic carbocycles. The van der Waals surface area contributed by atoms with Gasteiger partial charge in [-0.3, -0.25) is 4.79 Å². The standard InChI is InChI=1S/C17H18O2/c1-13(7-12-17(18)19)14-8-10-16(11-9-14)15-5-3-2-4-6-15/h2-6,8-11,13H,7,12H2,1H3,(H,18,19). The van der Waals surface area contributed by atoms with Gasteiger partial charge >= 0.3 is 5.97 Å². The number of carboxylic acids is 1. The molecule has 0 aliphatic heterocycles. The van der Waals surface area contributed by atoms with E-state index in [1.165, 1.54) is 16.7 Å². The lowest BCUT2D eigenvalue weighted by molar-refractivity contribution is -0.137. The Bertz CT molecular complexity index is 529. The molecule has 0 aliphatic carbocycles. The average molecular weight is 254 g/mol. The van der Waals surface area contributed by atoms with E-state index in [9.17, 15) is 4.79 Å². The molecule has 0 aliphatic rings. The molecule has 0 bridgehead atoms. The second-order valence-electron chi connectivity index (χ2n) is 4.82. The molecule has 2 nitrogen and oxygen atoms in total. The Labute approximate surface area is 113 Å². The van der Waals surface area contributed by atoms with Crippen LogP contribution in [0.4, 0.5) is 0 Å². The van der Waals surface area contributed by atoms with E-state index in [0.29, 0.717) is 6.42 Å². The summed E-state index contributed by atoms with van der Waals surface area (Å²) in [5, 5.41) is 8.70. The Morgan fingerprint density at radius 3 is 2.16 bits per heavy atom. The molecule has 2 rings (SSSR count). The summed E-state index contributed by atoms with van der Waals surface area (Å²) in [6.07, 6.45) is 0.904. The molecular weight excluding hydrogens is 236 g/mol. The highest BCUT2D eigenvalue weighted by Crippen LogP contribution is 2.24. The maximum atomic E-state index is 10.6. The van der Waals surface area contributed by atoms with Gasteiger partial charge in [0, 0.05) is 6.42 Å². The van der Waals surface area contributed by atoms with Crippen LogP contribution in [0.5, 0.6) is 0 Å². The van der Waals surface area contributed by atoms with Crippen LogP contribution in [-0.4, -0.2) is 11.1 Å². The van der Waals surface area contributed by atoms with Crippen molar-refractivity contribution in [2.45, 2.75) is 25.7 Å². The van der Waals surface area contributed by atoms with Crippen molar-refractivity contribution in [3.05, 3.63) is 60.2 Å². The van der Waals surface area contributed by atoms with E-state index < -0.39 is 5.97 Å². The molecule has 1 atom stereocenters. The van der Waals surface area contributed by atoms with Gasteiger partial charge in [0.25, 0.3) is 0 Å². The minimum absolute atomic E-state index is 0.224. The van der Waals surface area contributed by atoms with Crippen LogP contribution in [0, 0.1) is 0 Å². The van der Waals surface area contributed by atoms with Gasteiger partial charge in [0.05, 0.1) is 0 Å². The largest absolute Gasteiger partial charge is 0.481 e. The first-order chi connectivity index (χ1) is 9.16. The Balaban J connectivity index is 2.08. The number of benzene rings is 2. The second kappa shape index (κ2) is 6.19. The van der Waals surface area contributed by atoms with Gasteiger partial charge in [0.1, 0.15) is 0 Å². The zero-order chi connectivity index (χ0) is 13.7. The minimum Gasteiger partial charge on any atom is -0.481 e. The Morgan fingerprint density at radius 2 is 1.58 bits per heavy atom. The highest BCUT2D eigenvalue weighted by atomic mass is 16.4. The fourth-order valence-electron chi connectivity index (χ4n) is 2.14. The van der Waals surface area contributed by atoms with Crippen molar-refractivity contribution in [1.29, 1.82) is 0 Å². The predicted octanol–water partition coefficient (Wildman–Crippen LogP) is 4.32. The number of rotatable bonds is 5. The molecule has 0 aromatic heterocycles. The lowest BCUT2D eigenvalue weighted by atomic mass is 9.94. The minimum atomic E-state index is -0.729. The summed E-state index contributed by atoms with van der Waals surface area (Å²) < 4.78 is 0. The quantitative estimate of drug-likeness (QED) is 0.862. The first-order valence-electron chi connectivity index (χ1n) is 6.54. The van der Waals surface area contributed by atoms with Gasteiger partial charge < -0.3 is 5.11 Å². The zero-order valence-electron chi connectivity index (χ0n) is 11.0. The number of hydrogen-bond acceptors (Lipinski definition) is 1. The Morgan fingerprint density at radius 1 is 1.00 bits per heavy atom. The van der Waals surface area contributed by atoms with Crippen LogP contribution < -0.4 is 0 Å². The van der Waals surface area contributed by atoms with Gasteiger partial charge in [0.15, 0.2) is 0 Å². The van der Waals surface area contributed by atoms with E-state index >= 15 is 0 Å². The number of hydrogen-bond donors (Lipinski definition) is 1. The summed E-state index contributed by atoms with van der Waals surface area (Å²) in [5.41, 5.74) is 3.59. The molecule has 0 spiro atoms. The van der Waals surface area contributed by atoms with Gasteiger partial charge in [-0.25, -0.2) is 0 Å². The molecule has 0 fully saturated rings. The number of carboxylic acid groups (broad SMARTS) is 1. The van der Waals surface area contributed by atoms with Gasteiger partial charge in [-0.2, -0.15) is 0 Å². The topological polar surface area (TPSA) is 37.3 Å². The highest BCUT2D eigenvalue weighted by molar-refractivity contribution is 5.67. The van der Waals surface area contributed by atoms with Crippen molar-refractivity contribution in [3.8, 4) is 11.1 Å². The van der Waals surface area contributed by atoms with Gasteiger partial charge in [-0.1, -0.05) is 61.5 Å². The first-order valence-corrected chi connectivity index (χ1v) is 6.54. The Kier molecular flexibility index (Phi) is 4.35. The SMILES string of the molecule is CC(CCC(=O)O)c1ccc(-c2ccccc2)cc1. The summed E-state index contributed by atoms with van der Waals surface area (Å²) in [6.45, 7) is 2.07. The molecule has 98 valence electrons. The maximum absolute atomic E-state index is 10.6. The number of carbonyl (C=O) groups is 1. The summed E-state index contributed by atoms with van der Waals surface area (Å²) in [6, 6.07) is 18.6. The molecule has 0 saturated carbocycles. The molecule has 0 saturated heterocycles. The van der Waals surface area contributed by atoms with Crippen molar-refractivity contribution in [2.75, 3.05) is 0 Å². The fourth-order valence-corrected chi connectivity index (χ4v) is 2.14. The molecule has 19 heavy (non-hydrogen) atoms. The molecule has 0 heterocycles. The maximum Gasteiger partial charge on any atom is 0.303 e. The third-order valence-electron chi connectivity index (χ3n) is 3.38. The van der Waals surface area contributed by atoms with E-state index in [4.69, 9.17) is 5.11 Å². The molecular formula is C17H18O2. The zero-order valence-corrected chi connectivity index (χ0v) is 11.0. The van der Waals surface area contributed by atoms with E-state index in [1.807, 2.05) is 18.2 Å². The predicted molar refractivity (Wildman–Crippen MR) is 77.2 cm³/mol. The summed E-state index contributed by atoms with van der Waals surface area (Å²) in [4.78, 5) is 10.6. The van der Waals surface area contributed by atoms with Crippen LogP contribution in [0.25, 0.3) is 11.1 Å². The normalized spacial score (nSPS) is 12.1. The third-order valence-corrected chi connectivity index (χ3v) is 3.38. The van der Waals surface area contributed by atoms with Crippen LogP contribution in [0.1, 0.15) is 31.2 Å². The summed E-state index contributed by atoms with van der Waals surface area (Å²) in [7, 11) is 0. The molecule has 1 unspecified atom stereocenters. The average Bonchev–Trinajstić information content (AvgIpc) is 2.46. The first kappa shape index (κ1) is 13.3. The molecule has 0 amide bonds. The van der Waals surface area contributed by atoms with Crippen molar-refractivity contribution in [1.82, 2.24) is 0 Å². The van der Waals surface area contributed by atoms with Gasteiger partial charge in [-0.15, -0.1) is 0 Å². The van der Waals surface area contributed by atoms with Crippen LogP contribution in [-0.2, 0) is 4.79 Å².